The van der Waals surface area contributed by atoms with Gasteiger partial charge in [-0.15, -0.1) is 0 Å². The van der Waals surface area contributed by atoms with E-state index in [1.54, 1.807) is 13.8 Å². The number of piperidine rings is 2. The summed E-state index contributed by atoms with van der Waals surface area (Å²) in [6.45, 7) is 13.1. The van der Waals surface area contributed by atoms with Crippen LogP contribution >= 0.6 is 0 Å². The zero-order valence-electron chi connectivity index (χ0n) is 26.2. The summed E-state index contributed by atoms with van der Waals surface area (Å²) < 4.78 is 13.5. The van der Waals surface area contributed by atoms with Crippen LogP contribution in [0.15, 0.2) is 0 Å². The molecular weight excluding hydrogens is 500 g/mol. The van der Waals surface area contributed by atoms with E-state index in [0.29, 0.717) is 35.3 Å². The lowest BCUT2D eigenvalue weighted by atomic mass is 9.44. The van der Waals surface area contributed by atoms with Crippen LogP contribution in [-0.2, 0) is 19.1 Å². The van der Waals surface area contributed by atoms with Crippen molar-refractivity contribution in [3.8, 4) is 0 Å². The van der Waals surface area contributed by atoms with Crippen LogP contribution in [0.25, 0.3) is 0 Å². The third-order valence-corrected chi connectivity index (χ3v) is 13.7. The number of hydrogen-bond donors (Lipinski definition) is 0. The van der Waals surface area contributed by atoms with Crippen molar-refractivity contribution < 1.29 is 23.5 Å². The first-order valence-corrected chi connectivity index (χ1v) is 17.0. The highest BCUT2D eigenvalue weighted by atomic mass is 16.5. The van der Waals surface area contributed by atoms with Crippen molar-refractivity contribution in [2.75, 3.05) is 33.2 Å². The van der Waals surface area contributed by atoms with Crippen LogP contribution in [0.4, 0.5) is 0 Å². The lowest BCUT2D eigenvalue weighted by Crippen LogP contribution is -2.61. The summed E-state index contributed by atoms with van der Waals surface area (Å²) in [5, 5.41) is 0. The number of carbonyl (C=O) groups excluding carboxylic acids is 2. The Labute approximate surface area is 243 Å². The van der Waals surface area contributed by atoms with Gasteiger partial charge >= 0.3 is 11.9 Å². The van der Waals surface area contributed by atoms with E-state index >= 15 is 0 Å². The smallest absolute Gasteiger partial charge is 0.303 e. The summed E-state index contributed by atoms with van der Waals surface area (Å²) in [6, 6.07) is 0.796. The molecule has 0 aromatic carbocycles. The van der Waals surface area contributed by atoms with Gasteiger partial charge in [-0.3, -0.25) is 14.5 Å². The Hall–Kier alpha value is -1.14. The van der Waals surface area contributed by atoms with Gasteiger partial charge in [-0.1, -0.05) is 20.3 Å². The molecule has 40 heavy (non-hydrogen) atoms. The molecule has 0 aromatic rings. The van der Waals surface area contributed by atoms with E-state index in [2.05, 4.69) is 25.8 Å². The number of hydrogen-bond acceptors (Lipinski definition) is 5. The van der Waals surface area contributed by atoms with Crippen molar-refractivity contribution in [2.45, 2.75) is 135 Å². The topological polar surface area (TPSA) is 55.8 Å². The van der Waals surface area contributed by atoms with Crippen molar-refractivity contribution in [1.82, 2.24) is 4.90 Å². The minimum atomic E-state index is -0.111. The lowest BCUT2D eigenvalue weighted by Gasteiger charge is -2.62. The molecule has 6 fully saturated rings. The first-order chi connectivity index (χ1) is 19.0. The minimum absolute atomic E-state index is 0.0466. The van der Waals surface area contributed by atoms with E-state index in [1.807, 2.05) is 0 Å². The fraction of sp³-hybridized carbons (Fsp3) is 0.941. The molecule has 6 aliphatic rings. The monoisotopic (exact) mass is 557 g/mol. The number of esters is 2. The van der Waals surface area contributed by atoms with Crippen molar-refractivity contribution in [1.29, 1.82) is 0 Å². The Morgan fingerprint density at radius 2 is 1.48 bits per heavy atom. The zero-order valence-corrected chi connectivity index (χ0v) is 26.2. The summed E-state index contributed by atoms with van der Waals surface area (Å²) in [6.07, 6.45) is 16.3. The van der Waals surface area contributed by atoms with Gasteiger partial charge in [-0.05, 0) is 113 Å². The molecule has 0 bridgehead atoms. The Morgan fingerprint density at radius 1 is 0.800 bits per heavy atom. The maximum Gasteiger partial charge on any atom is 0.303 e. The molecule has 10 atom stereocenters. The summed E-state index contributed by atoms with van der Waals surface area (Å²) in [7, 11) is 2.47. The summed E-state index contributed by atoms with van der Waals surface area (Å²) in [5.41, 5.74) is 0.377. The first kappa shape index (κ1) is 29.0. The Bertz CT molecular complexity index is 958. The van der Waals surface area contributed by atoms with Gasteiger partial charge in [0, 0.05) is 31.7 Å². The number of likely N-dealkylation sites (tertiary alicyclic amines) is 2. The second kappa shape index (κ2) is 10.8. The number of likely N-dealkylation sites (N-methyl/N-ethyl adjacent to an activating group) is 1. The van der Waals surface area contributed by atoms with Crippen LogP contribution in [0.2, 0.25) is 0 Å². The van der Waals surface area contributed by atoms with Gasteiger partial charge in [0.05, 0.1) is 20.1 Å². The molecule has 226 valence electrons. The van der Waals surface area contributed by atoms with Gasteiger partial charge in [-0.2, -0.15) is 0 Å². The van der Waals surface area contributed by atoms with E-state index < -0.39 is 0 Å². The van der Waals surface area contributed by atoms with Crippen LogP contribution in [-0.4, -0.2) is 78.8 Å². The maximum absolute atomic E-state index is 12.5. The van der Waals surface area contributed by atoms with E-state index in [0.717, 1.165) is 29.9 Å². The second-order valence-electron chi connectivity index (χ2n) is 15.8. The van der Waals surface area contributed by atoms with Crippen molar-refractivity contribution in [3.63, 3.8) is 0 Å². The highest BCUT2D eigenvalue weighted by molar-refractivity contribution is 5.66. The highest BCUT2D eigenvalue weighted by Gasteiger charge is 2.67. The molecular formula is C34H57N2O4+. The Balaban J connectivity index is 1.29. The molecule has 6 nitrogen and oxygen atoms in total. The number of ether oxygens (including phenoxy) is 2. The van der Waals surface area contributed by atoms with E-state index in [9.17, 15) is 9.59 Å². The molecule has 2 aliphatic heterocycles. The number of carbonyl (C=O) groups is 2. The minimum Gasteiger partial charge on any atom is -0.461 e. The number of quaternary nitrogens is 1. The zero-order chi connectivity index (χ0) is 28.3. The molecule has 2 saturated heterocycles. The third-order valence-electron chi connectivity index (χ3n) is 13.7. The summed E-state index contributed by atoms with van der Waals surface area (Å²) in [4.78, 5) is 27.4. The largest absolute Gasteiger partial charge is 0.461 e. The lowest BCUT2D eigenvalue weighted by molar-refractivity contribution is -0.940. The normalized spacial score (nSPS) is 46.9. The van der Waals surface area contributed by atoms with E-state index in [1.165, 1.54) is 90.1 Å². The Morgan fingerprint density at radius 3 is 2.15 bits per heavy atom. The van der Waals surface area contributed by atoms with Gasteiger partial charge in [0.25, 0.3) is 0 Å². The molecule has 4 saturated carbocycles. The Kier molecular flexibility index (Phi) is 7.85. The quantitative estimate of drug-likeness (QED) is 0.315. The first-order valence-electron chi connectivity index (χ1n) is 17.0. The standard InChI is InChI=1S/C34H57N2O4/c1-23(37)39-31-20-25-12-13-26-27(34(25,4)22-29(31)35-16-8-6-9-17-35)14-15-33(3)28(26)21-30(32(33)40-24(2)38)36(5)18-10-7-11-19-36/h25-32H,6-22H2,1-5H3/q+1/t25-,26+,27-,28-,29-,30-,31-,32-,33+,34+/m0/s1. The third kappa shape index (κ3) is 4.85. The summed E-state index contributed by atoms with van der Waals surface area (Å²) >= 11 is 0. The fourth-order valence-electron chi connectivity index (χ4n) is 11.7. The average Bonchev–Trinajstić information content (AvgIpc) is 3.21. The second-order valence-corrected chi connectivity index (χ2v) is 15.8. The van der Waals surface area contributed by atoms with Crippen LogP contribution in [0.3, 0.4) is 0 Å². The van der Waals surface area contributed by atoms with E-state index in [-0.39, 0.29) is 29.6 Å². The molecule has 6 rings (SSSR count). The van der Waals surface area contributed by atoms with Crippen molar-refractivity contribution in [3.05, 3.63) is 0 Å². The molecule has 2 heterocycles. The predicted molar refractivity (Wildman–Crippen MR) is 156 cm³/mol. The summed E-state index contributed by atoms with van der Waals surface area (Å²) in [5.74, 6) is 2.50. The molecule has 0 unspecified atom stereocenters. The van der Waals surface area contributed by atoms with Crippen molar-refractivity contribution in [2.24, 2.45) is 34.5 Å². The van der Waals surface area contributed by atoms with Gasteiger partial charge in [-0.25, -0.2) is 0 Å². The van der Waals surface area contributed by atoms with Gasteiger partial charge < -0.3 is 14.0 Å². The van der Waals surface area contributed by atoms with Crippen LogP contribution in [0.1, 0.15) is 111 Å². The number of fused-ring (bicyclic) bond motifs is 5. The predicted octanol–water partition coefficient (Wildman–Crippen LogP) is 5.97. The van der Waals surface area contributed by atoms with Gasteiger partial charge in [0.15, 0.2) is 6.10 Å². The van der Waals surface area contributed by atoms with Crippen LogP contribution in [0, 0.1) is 34.5 Å². The molecule has 0 aromatic heterocycles. The molecule has 0 amide bonds. The molecule has 6 heteroatoms. The van der Waals surface area contributed by atoms with Crippen molar-refractivity contribution >= 4 is 11.9 Å². The van der Waals surface area contributed by atoms with Crippen LogP contribution < -0.4 is 0 Å². The molecule has 0 spiro atoms. The van der Waals surface area contributed by atoms with E-state index in [4.69, 9.17) is 9.47 Å². The molecule has 4 aliphatic carbocycles. The average molecular weight is 558 g/mol. The molecule has 0 radical (unpaired) electrons. The van der Waals surface area contributed by atoms with Gasteiger partial charge in [0.2, 0.25) is 0 Å². The fourth-order valence-corrected chi connectivity index (χ4v) is 11.7. The van der Waals surface area contributed by atoms with Crippen LogP contribution in [0.5, 0.6) is 0 Å². The van der Waals surface area contributed by atoms with Gasteiger partial charge in [0.1, 0.15) is 12.1 Å². The number of rotatable bonds is 4. The number of nitrogens with zero attached hydrogens (tertiary/aromatic N) is 2. The SMILES string of the molecule is CC(=O)O[C@H]1C[C@@H]2CC[C@@H]3[C@H](CC[C@]4(C)[C@H]3C[C@H]([N+]3(C)CCCCC3)[C@@H]4OC(C)=O)[C@]2(C)C[C@@H]1N1CCCCC1. The maximum atomic E-state index is 12.5. The molecule has 0 N–H and O–H groups in total. The highest BCUT2D eigenvalue weighted by Crippen LogP contribution is 2.67.